The highest BCUT2D eigenvalue weighted by molar-refractivity contribution is 6.30. The molecule has 1 heterocycles. The Hall–Kier alpha value is -1.50. The van der Waals surface area contributed by atoms with Gasteiger partial charge in [-0.15, -0.1) is 12.4 Å². The lowest BCUT2D eigenvalue weighted by Gasteiger charge is -2.32. The molecule has 1 fully saturated rings. The van der Waals surface area contributed by atoms with E-state index in [4.69, 9.17) is 23.1 Å². The second-order valence-electron chi connectivity index (χ2n) is 5.06. The Morgan fingerprint density at radius 2 is 1.91 bits per heavy atom. The summed E-state index contributed by atoms with van der Waals surface area (Å²) in [6.07, 6.45) is 0. The van der Waals surface area contributed by atoms with E-state index in [0.717, 1.165) is 31.7 Å². The maximum Gasteiger partial charge on any atom is 0.218 e. The van der Waals surface area contributed by atoms with Gasteiger partial charge in [-0.25, -0.2) is 4.99 Å². The zero-order chi connectivity index (χ0) is 15.2. The van der Waals surface area contributed by atoms with Crippen LogP contribution in [0.4, 0.5) is 0 Å². The van der Waals surface area contributed by atoms with Gasteiger partial charge in [0.15, 0.2) is 5.96 Å². The SMILES string of the molecule is CN1CCN(C(N)=NC(N)=NCc2cccc(Cl)c2)CC1.Cl. The summed E-state index contributed by atoms with van der Waals surface area (Å²) in [6, 6.07) is 7.49. The van der Waals surface area contributed by atoms with E-state index >= 15 is 0 Å². The highest BCUT2D eigenvalue weighted by Gasteiger charge is 2.15. The molecule has 1 aromatic carbocycles. The van der Waals surface area contributed by atoms with E-state index in [1.165, 1.54) is 0 Å². The third-order valence-corrected chi connectivity index (χ3v) is 3.60. The van der Waals surface area contributed by atoms with Crippen LogP contribution in [0.1, 0.15) is 5.56 Å². The van der Waals surface area contributed by atoms with E-state index in [9.17, 15) is 0 Å². The molecule has 0 radical (unpaired) electrons. The van der Waals surface area contributed by atoms with Crippen LogP contribution in [0, 0.1) is 0 Å². The zero-order valence-electron chi connectivity index (χ0n) is 12.6. The fourth-order valence-electron chi connectivity index (χ4n) is 2.07. The number of rotatable bonds is 2. The fourth-order valence-corrected chi connectivity index (χ4v) is 2.28. The third kappa shape index (κ3) is 5.71. The molecule has 0 aromatic heterocycles. The average molecular weight is 345 g/mol. The Morgan fingerprint density at radius 1 is 1.23 bits per heavy atom. The predicted molar refractivity (Wildman–Crippen MR) is 94.7 cm³/mol. The molecule has 0 aliphatic carbocycles. The molecule has 4 N–H and O–H groups in total. The molecule has 22 heavy (non-hydrogen) atoms. The van der Waals surface area contributed by atoms with Crippen molar-refractivity contribution >= 4 is 35.9 Å². The number of likely N-dealkylation sites (N-methyl/N-ethyl adjacent to an activating group) is 1. The lowest BCUT2D eigenvalue weighted by Crippen LogP contribution is -2.50. The predicted octanol–water partition coefficient (Wildman–Crippen LogP) is 1.14. The van der Waals surface area contributed by atoms with Crippen LogP contribution in [0.25, 0.3) is 0 Å². The minimum Gasteiger partial charge on any atom is -0.369 e. The summed E-state index contributed by atoms with van der Waals surface area (Å²) in [6.45, 7) is 4.08. The van der Waals surface area contributed by atoms with Crippen LogP contribution in [0.5, 0.6) is 0 Å². The summed E-state index contributed by atoms with van der Waals surface area (Å²) in [4.78, 5) is 12.6. The van der Waals surface area contributed by atoms with Gasteiger partial charge in [-0.1, -0.05) is 23.7 Å². The van der Waals surface area contributed by atoms with Gasteiger partial charge >= 0.3 is 0 Å². The molecule has 2 rings (SSSR count). The molecule has 1 aromatic rings. The third-order valence-electron chi connectivity index (χ3n) is 3.37. The van der Waals surface area contributed by atoms with Crippen LogP contribution in [-0.4, -0.2) is 54.9 Å². The van der Waals surface area contributed by atoms with Gasteiger partial charge in [0.2, 0.25) is 5.96 Å². The molecule has 0 bridgehead atoms. The molecular formula is C14H22Cl2N6. The molecule has 122 valence electrons. The Morgan fingerprint density at radius 3 is 2.55 bits per heavy atom. The summed E-state index contributed by atoms with van der Waals surface area (Å²) < 4.78 is 0. The number of guanidine groups is 2. The number of nitrogens with two attached hydrogens (primary N) is 2. The van der Waals surface area contributed by atoms with Crippen LogP contribution < -0.4 is 11.5 Å². The zero-order valence-corrected chi connectivity index (χ0v) is 14.1. The fraction of sp³-hybridized carbons (Fsp3) is 0.429. The first-order valence-corrected chi connectivity index (χ1v) is 7.24. The first-order valence-electron chi connectivity index (χ1n) is 6.86. The van der Waals surface area contributed by atoms with E-state index < -0.39 is 0 Å². The minimum absolute atomic E-state index is 0. The highest BCUT2D eigenvalue weighted by Crippen LogP contribution is 2.11. The number of benzene rings is 1. The standard InChI is InChI=1S/C14H21ClN6.ClH/c1-20-5-7-21(8-6-20)14(17)19-13(16)18-10-11-3-2-4-12(15)9-11;/h2-4,9H,5-8,10H2,1H3,(H4,16,17,18,19);1H. The minimum atomic E-state index is 0. The van der Waals surface area contributed by atoms with Crippen LogP contribution in [-0.2, 0) is 6.54 Å². The van der Waals surface area contributed by atoms with Crippen molar-refractivity contribution < 1.29 is 0 Å². The molecule has 0 saturated carbocycles. The maximum atomic E-state index is 5.96. The first kappa shape index (κ1) is 18.5. The summed E-state index contributed by atoms with van der Waals surface area (Å²) in [5, 5.41) is 0.682. The maximum absolute atomic E-state index is 5.96. The van der Waals surface area contributed by atoms with Crippen molar-refractivity contribution in [3.8, 4) is 0 Å². The molecule has 0 unspecified atom stereocenters. The number of piperazine rings is 1. The van der Waals surface area contributed by atoms with E-state index in [0.29, 0.717) is 17.5 Å². The molecule has 0 spiro atoms. The molecule has 1 aliphatic heterocycles. The van der Waals surface area contributed by atoms with E-state index in [2.05, 4.69) is 21.9 Å². The molecule has 1 aliphatic rings. The van der Waals surface area contributed by atoms with E-state index in [1.807, 2.05) is 29.2 Å². The molecule has 0 atom stereocenters. The number of halogens is 2. The van der Waals surface area contributed by atoms with E-state index in [1.54, 1.807) is 0 Å². The van der Waals surface area contributed by atoms with Crippen molar-refractivity contribution in [2.75, 3.05) is 33.2 Å². The van der Waals surface area contributed by atoms with Crippen molar-refractivity contribution in [1.29, 1.82) is 0 Å². The van der Waals surface area contributed by atoms with Crippen molar-refractivity contribution in [2.24, 2.45) is 21.5 Å². The van der Waals surface area contributed by atoms with Gasteiger partial charge in [0, 0.05) is 31.2 Å². The van der Waals surface area contributed by atoms with Crippen molar-refractivity contribution in [3.63, 3.8) is 0 Å². The van der Waals surface area contributed by atoms with Gasteiger partial charge in [0.05, 0.1) is 6.54 Å². The van der Waals surface area contributed by atoms with Crippen LogP contribution >= 0.6 is 24.0 Å². The van der Waals surface area contributed by atoms with Crippen LogP contribution in [0.3, 0.4) is 0 Å². The van der Waals surface area contributed by atoms with Gasteiger partial charge in [-0.05, 0) is 24.7 Å². The number of hydrogen-bond acceptors (Lipinski definition) is 2. The second-order valence-corrected chi connectivity index (χ2v) is 5.50. The summed E-state index contributed by atoms with van der Waals surface area (Å²) in [5.41, 5.74) is 12.8. The van der Waals surface area contributed by atoms with Crippen molar-refractivity contribution in [1.82, 2.24) is 9.80 Å². The Labute approximate surface area is 142 Å². The van der Waals surface area contributed by atoms with Gasteiger partial charge in [0.1, 0.15) is 0 Å². The average Bonchev–Trinajstić information content (AvgIpc) is 2.46. The summed E-state index contributed by atoms with van der Waals surface area (Å²) in [5.74, 6) is 0.613. The van der Waals surface area contributed by atoms with Crippen molar-refractivity contribution in [3.05, 3.63) is 34.9 Å². The number of aliphatic imine (C=N–C) groups is 2. The lowest BCUT2D eigenvalue weighted by atomic mass is 10.2. The monoisotopic (exact) mass is 344 g/mol. The van der Waals surface area contributed by atoms with Crippen molar-refractivity contribution in [2.45, 2.75) is 6.54 Å². The van der Waals surface area contributed by atoms with Gasteiger partial charge in [0.25, 0.3) is 0 Å². The lowest BCUT2D eigenvalue weighted by molar-refractivity contribution is 0.214. The second kappa shape index (κ2) is 8.82. The molecular weight excluding hydrogens is 323 g/mol. The number of hydrogen-bond donors (Lipinski definition) is 2. The van der Waals surface area contributed by atoms with Gasteiger partial charge in [-0.2, -0.15) is 4.99 Å². The van der Waals surface area contributed by atoms with Gasteiger partial charge in [-0.3, -0.25) is 0 Å². The van der Waals surface area contributed by atoms with Gasteiger partial charge < -0.3 is 21.3 Å². The molecule has 6 nitrogen and oxygen atoms in total. The van der Waals surface area contributed by atoms with E-state index in [-0.39, 0.29) is 18.4 Å². The largest absolute Gasteiger partial charge is 0.369 e. The summed E-state index contributed by atoms with van der Waals surface area (Å²) >= 11 is 5.92. The Kier molecular flexibility index (Phi) is 7.44. The Bertz CT molecular complexity index is 538. The molecule has 0 amide bonds. The Balaban J connectivity index is 0.00000242. The summed E-state index contributed by atoms with van der Waals surface area (Å²) in [7, 11) is 2.09. The highest BCUT2D eigenvalue weighted by atomic mass is 35.5. The normalized spacial score (nSPS) is 17.3. The van der Waals surface area contributed by atoms with Crippen LogP contribution in [0.2, 0.25) is 5.02 Å². The first-order chi connectivity index (χ1) is 10.0. The molecule has 1 saturated heterocycles. The smallest absolute Gasteiger partial charge is 0.218 e. The number of nitrogens with zero attached hydrogens (tertiary/aromatic N) is 4. The van der Waals surface area contributed by atoms with Crippen LogP contribution in [0.15, 0.2) is 34.3 Å². The molecule has 8 heteroatoms. The quantitative estimate of drug-likeness (QED) is 0.622. The topological polar surface area (TPSA) is 83.2 Å².